The van der Waals surface area contributed by atoms with Gasteiger partial charge in [0.1, 0.15) is 12.1 Å². The van der Waals surface area contributed by atoms with Crippen LogP contribution in [0, 0.1) is 5.92 Å². The molecule has 1 saturated heterocycles. The highest BCUT2D eigenvalue weighted by molar-refractivity contribution is 5.97. The Morgan fingerprint density at radius 1 is 1.32 bits per heavy atom. The van der Waals surface area contributed by atoms with E-state index in [9.17, 15) is 9.59 Å². The SMILES string of the molecule is CCCCOCCN1C(=O)C(C)NC(=O)C1C1CC1. The maximum absolute atomic E-state index is 12.2. The van der Waals surface area contributed by atoms with Crippen molar-refractivity contribution >= 4 is 11.8 Å². The molecule has 0 aromatic carbocycles. The molecule has 1 N–H and O–H groups in total. The number of hydrogen-bond acceptors (Lipinski definition) is 3. The summed E-state index contributed by atoms with van der Waals surface area (Å²) in [5.74, 6) is 0.380. The second-order valence-electron chi connectivity index (χ2n) is 5.51. The second-order valence-corrected chi connectivity index (χ2v) is 5.51. The van der Waals surface area contributed by atoms with E-state index in [-0.39, 0.29) is 17.9 Å². The summed E-state index contributed by atoms with van der Waals surface area (Å²) in [5, 5.41) is 2.77. The van der Waals surface area contributed by atoms with Gasteiger partial charge in [-0.2, -0.15) is 0 Å². The van der Waals surface area contributed by atoms with Crippen LogP contribution >= 0.6 is 0 Å². The first-order valence-corrected chi connectivity index (χ1v) is 7.33. The molecule has 5 heteroatoms. The minimum atomic E-state index is -0.404. The quantitative estimate of drug-likeness (QED) is 0.699. The van der Waals surface area contributed by atoms with E-state index in [0.29, 0.717) is 19.1 Å². The maximum atomic E-state index is 12.2. The van der Waals surface area contributed by atoms with Crippen LogP contribution in [-0.4, -0.2) is 48.6 Å². The van der Waals surface area contributed by atoms with Gasteiger partial charge in [-0.1, -0.05) is 13.3 Å². The van der Waals surface area contributed by atoms with Gasteiger partial charge >= 0.3 is 0 Å². The molecule has 0 bridgehead atoms. The number of carbonyl (C=O) groups excluding carboxylic acids is 2. The number of hydrogen-bond donors (Lipinski definition) is 1. The van der Waals surface area contributed by atoms with Gasteiger partial charge in [0.25, 0.3) is 0 Å². The molecule has 2 rings (SSSR count). The van der Waals surface area contributed by atoms with Gasteiger partial charge in [0.15, 0.2) is 0 Å². The van der Waals surface area contributed by atoms with Crippen LogP contribution in [0.25, 0.3) is 0 Å². The maximum Gasteiger partial charge on any atom is 0.245 e. The van der Waals surface area contributed by atoms with E-state index in [1.165, 1.54) is 0 Å². The summed E-state index contributed by atoms with van der Waals surface area (Å²) in [6.45, 7) is 5.64. The molecule has 2 atom stereocenters. The average molecular weight is 268 g/mol. The number of nitrogens with one attached hydrogen (secondary N) is 1. The third-order valence-electron chi connectivity index (χ3n) is 3.80. The average Bonchev–Trinajstić information content (AvgIpc) is 3.19. The molecule has 1 aliphatic carbocycles. The van der Waals surface area contributed by atoms with Crippen molar-refractivity contribution in [3.63, 3.8) is 0 Å². The number of amides is 2. The summed E-state index contributed by atoms with van der Waals surface area (Å²) in [6, 6.07) is -0.670. The van der Waals surface area contributed by atoms with E-state index in [2.05, 4.69) is 12.2 Å². The van der Waals surface area contributed by atoms with Crippen molar-refractivity contribution in [2.24, 2.45) is 5.92 Å². The molecule has 2 fully saturated rings. The Balaban J connectivity index is 1.88. The van der Waals surface area contributed by atoms with Crippen molar-refractivity contribution < 1.29 is 14.3 Å². The van der Waals surface area contributed by atoms with Crippen LogP contribution in [-0.2, 0) is 14.3 Å². The third-order valence-corrected chi connectivity index (χ3v) is 3.80. The molecule has 2 aliphatic rings. The molecule has 1 aliphatic heterocycles. The van der Waals surface area contributed by atoms with Crippen LogP contribution in [0.2, 0.25) is 0 Å². The van der Waals surface area contributed by atoms with Crippen LogP contribution < -0.4 is 5.32 Å². The van der Waals surface area contributed by atoms with Gasteiger partial charge in [0.2, 0.25) is 11.8 Å². The Morgan fingerprint density at radius 2 is 2.05 bits per heavy atom. The highest BCUT2D eigenvalue weighted by atomic mass is 16.5. The molecular weight excluding hydrogens is 244 g/mol. The lowest BCUT2D eigenvalue weighted by Gasteiger charge is -2.38. The zero-order chi connectivity index (χ0) is 13.8. The van der Waals surface area contributed by atoms with Crippen molar-refractivity contribution in [2.45, 2.75) is 51.6 Å². The number of rotatable bonds is 7. The fourth-order valence-electron chi connectivity index (χ4n) is 2.53. The molecule has 108 valence electrons. The summed E-state index contributed by atoms with van der Waals surface area (Å²) in [4.78, 5) is 25.9. The first-order chi connectivity index (χ1) is 9.15. The zero-order valence-electron chi connectivity index (χ0n) is 11.9. The van der Waals surface area contributed by atoms with E-state index >= 15 is 0 Å². The van der Waals surface area contributed by atoms with Crippen molar-refractivity contribution in [2.75, 3.05) is 19.8 Å². The molecule has 0 aromatic rings. The summed E-state index contributed by atoms with van der Waals surface area (Å²) in [6.07, 6.45) is 4.24. The number of piperazine rings is 1. The van der Waals surface area contributed by atoms with Crippen molar-refractivity contribution in [1.82, 2.24) is 10.2 Å². The Kier molecular flexibility index (Phi) is 4.80. The van der Waals surface area contributed by atoms with Crippen molar-refractivity contribution in [3.8, 4) is 0 Å². The lowest BCUT2D eigenvalue weighted by molar-refractivity contribution is -0.150. The first-order valence-electron chi connectivity index (χ1n) is 7.33. The predicted octanol–water partition coefficient (Wildman–Crippen LogP) is 0.929. The van der Waals surface area contributed by atoms with E-state index in [0.717, 1.165) is 32.3 Å². The van der Waals surface area contributed by atoms with Gasteiger partial charge < -0.3 is 15.0 Å². The van der Waals surface area contributed by atoms with Gasteiger partial charge in [-0.05, 0) is 32.1 Å². The largest absolute Gasteiger partial charge is 0.380 e. The van der Waals surface area contributed by atoms with Gasteiger partial charge in [-0.3, -0.25) is 9.59 Å². The standard InChI is InChI=1S/C14H24N2O3/c1-3-4-8-19-9-7-16-12(11-5-6-11)13(17)15-10(2)14(16)18/h10-12H,3-9H2,1-2H3,(H,15,17). The van der Waals surface area contributed by atoms with Crippen LogP contribution in [0.4, 0.5) is 0 Å². The first kappa shape index (κ1) is 14.3. The minimum Gasteiger partial charge on any atom is -0.380 e. The fourth-order valence-corrected chi connectivity index (χ4v) is 2.53. The molecule has 0 radical (unpaired) electrons. The molecule has 2 unspecified atom stereocenters. The van der Waals surface area contributed by atoms with Gasteiger partial charge in [0.05, 0.1) is 6.61 Å². The molecule has 0 aromatic heterocycles. The Labute approximate surface area is 114 Å². The van der Waals surface area contributed by atoms with Crippen LogP contribution in [0.5, 0.6) is 0 Å². The molecule has 0 spiro atoms. The van der Waals surface area contributed by atoms with E-state index in [1.54, 1.807) is 11.8 Å². The topological polar surface area (TPSA) is 58.6 Å². The van der Waals surface area contributed by atoms with E-state index < -0.39 is 6.04 Å². The summed E-state index contributed by atoms with van der Waals surface area (Å²) < 4.78 is 5.52. The third kappa shape index (κ3) is 3.47. The molecule has 1 saturated carbocycles. The lowest BCUT2D eigenvalue weighted by Crippen LogP contribution is -2.63. The number of nitrogens with zero attached hydrogens (tertiary/aromatic N) is 1. The van der Waals surface area contributed by atoms with Gasteiger partial charge in [-0.25, -0.2) is 0 Å². The molecule has 2 amide bonds. The number of unbranched alkanes of at least 4 members (excludes halogenated alkanes) is 1. The predicted molar refractivity (Wildman–Crippen MR) is 71.6 cm³/mol. The Hall–Kier alpha value is -1.10. The van der Waals surface area contributed by atoms with Gasteiger partial charge in [-0.15, -0.1) is 0 Å². The van der Waals surface area contributed by atoms with Crippen LogP contribution in [0.1, 0.15) is 39.5 Å². The van der Waals surface area contributed by atoms with E-state index in [4.69, 9.17) is 4.74 Å². The normalized spacial score (nSPS) is 27.6. The highest BCUT2D eigenvalue weighted by Gasteiger charge is 2.46. The lowest BCUT2D eigenvalue weighted by atomic mass is 10.0. The molecule has 5 nitrogen and oxygen atoms in total. The molecule has 19 heavy (non-hydrogen) atoms. The summed E-state index contributed by atoms with van der Waals surface area (Å²) >= 11 is 0. The van der Waals surface area contributed by atoms with Crippen molar-refractivity contribution in [1.29, 1.82) is 0 Å². The zero-order valence-corrected chi connectivity index (χ0v) is 11.9. The number of ether oxygens (including phenoxy) is 1. The van der Waals surface area contributed by atoms with Crippen molar-refractivity contribution in [3.05, 3.63) is 0 Å². The summed E-state index contributed by atoms with van der Waals surface area (Å²) in [5.41, 5.74) is 0. The Bertz CT molecular complexity index is 342. The molecular formula is C14H24N2O3. The fraction of sp³-hybridized carbons (Fsp3) is 0.857. The minimum absolute atomic E-state index is 0.00292. The molecule has 1 heterocycles. The smallest absolute Gasteiger partial charge is 0.245 e. The second kappa shape index (κ2) is 6.37. The number of carbonyl (C=O) groups is 2. The highest BCUT2D eigenvalue weighted by Crippen LogP contribution is 2.36. The Morgan fingerprint density at radius 3 is 2.68 bits per heavy atom. The van der Waals surface area contributed by atoms with Crippen LogP contribution in [0.3, 0.4) is 0 Å². The van der Waals surface area contributed by atoms with Crippen LogP contribution in [0.15, 0.2) is 0 Å². The van der Waals surface area contributed by atoms with E-state index in [1.807, 2.05) is 0 Å². The van der Waals surface area contributed by atoms with Gasteiger partial charge in [0, 0.05) is 13.2 Å². The summed E-state index contributed by atoms with van der Waals surface area (Å²) in [7, 11) is 0. The monoisotopic (exact) mass is 268 g/mol.